The van der Waals surface area contributed by atoms with Crippen molar-refractivity contribution in [2.75, 3.05) is 12.8 Å². The van der Waals surface area contributed by atoms with Gasteiger partial charge in [0.15, 0.2) is 11.0 Å². The number of nitrogens with zero attached hydrogens (tertiary/aromatic N) is 5. The highest BCUT2D eigenvalue weighted by Gasteiger charge is 2.15. The molecule has 8 heteroatoms. The Labute approximate surface area is 164 Å². The van der Waals surface area contributed by atoms with Crippen molar-refractivity contribution in [2.24, 2.45) is 7.05 Å². The maximum atomic E-state index is 12.4. The fraction of sp³-hybridized carbons (Fsp3) is 0.222. The maximum Gasteiger partial charge on any atom is 0.233 e. The van der Waals surface area contributed by atoms with Crippen molar-refractivity contribution in [3.05, 3.63) is 58.8 Å². The molecule has 6 nitrogen and oxygen atoms in total. The van der Waals surface area contributed by atoms with Crippen LogP contribution in [0.1, 0.15) is 5.56 Å². The van der Waals surface area contributed by atoms with E-state index in [2.05, 4.69) is 31.1 Å². The van der Waals surface area contributed by atoms with Gasteiger partial charge in [0.25, 0.3) is 0 Å². The molecule has 0 saturated carbocycles. The van der Waals surface area contributed by atoms with Gasteiger partial charge in [0.2, 0.25) is 5.91 Å². The summed E-state index contributed by atoms with van der Waals surface area (Å²) in [5.74, 6) is 1.08. The average Bonchev–Trinajstić information content (AvgIpc) is 3.03. The largest absolute Gasteiger partial charge is 0.341 e. The van der Waals surface area contributed by atoms with Crippen LogP contribution in [0.4, 0.5) is 0 Å². The third kappa shape index (κ3) is 4.31. The summed E-state index contributed by atoms with van der Waals surface area (Å²) in [6.45, 7) is 0.556. The van der Waals surface area contributed by atoms with Gasteiger partial charge in [-0.1, -0.05) is 45.9 Å². The standard InChI is InChI=1S/C18H18BrN5OS/c1-23(11-14-6-3-4-8-15(14)19)16(25)12-26-18-22-21-17(24(18)2)13-7-5-9-20-10-13/h3-10H,11-12H2,1-2H3. The van der Waals surface area contributed by atoms with E-state index in [0.29, 0.717) is 17.5 Å². The molecule has 0 unspecified atom stereocenters. The van der Waals surface area contributed by atoms with Gasteiger partial charge in [0.05, 0.1) is 5.75 Å². The van der Waals surface area contributed by atoms with Crippen LogP contribution < -0.4 is 0 Å². The highest BCUT2D eigenvalue weighted by Crippen LogP contribution is 2.23. The molecular formula is C18H18BrN5OS. The Morgan fingerprint density at radius 2 is 2.04 bits per heavy atom. The smallest absolute Gasteiger partial charge is 0.233 e. The Morgan fingerprint density at radius 1 is 1.23 bits per heavy atom. The Balaban J connectivity index is 1.61. The van der Waals surface area contributed by atoms with E-state index < -0.39 is 0 Å². The molecule has 0 atom stereocenters. The van der Waals surface area contributed by atoms with E-state index in [1.54, 1.807) is 24.3 Å². The molecule has 26 heavy (non-hydrogen) atoms. The van der Waals surface area contributed by atoms with Crippen molar-refractivity contribution in [2.45, 2.75) is 11.7 Å². The van der Waals surface area contributed by atoms with Gasteiger partial charge < -0.3 is 9.47 Å². The quantitative estimate of drug-likeness (QED) is 0.559. The van der Waals surface area contributed by atoms with Gasteiger partial charge in [-0.25, -0.2) is 0 Å². The first-order valence-corrected chi connectivity index (χ1v) is 9.74. The second kappa shape index (κ2) is 8.46. The van der Waals surface area contributed by atoms with Gasteiger partial charge in [0.1, 0.15) is 0 Å². The zero-order valence-electron chi connectivity index (χ0n) is 14.5. The third-order valence-electron chi connectivity index (χ3n) is 3.87. The van der Waals surface area contributed by atoms with E-state index in [0.717, 1.165) is 21.4 Å². The summed E-state index contributed by atoms with van der Waals surface area (Å²) in [6.07, 6.45) is 3.46. The first-order chi connectivity index (χ1) is 12.6. The Kier molecular flexibility index (Phi) is 6.05. The molecule has 1 amide bonds. The Hall–Kier alpha value is -2.19. The topological polar surface area (TPSA) is 63.9 Å². The minimum atomic E-state index is 0.0386. The van der Waals surface area contributed by atoms with Gasteiger partial charge in [-0.05, 0) is 23.8 Å². The Morgan fingerprint density at radius 3 is 2.77 bits per heavy atom. The minimum absolute atomic E-state index is 0.0386. The lowest BCUT2D eigenvalue weighted by Gasteiger charge is -2.17. The normalized spacial score (nSPS) is 10.7. The monoisotopic (exact) mass is 431 g/mol. The fourth-order valence-electron chi connectivity index (χ4n) is 2.39. The molecule has 0 bridgehead atoms. The molecule has 0 fully saturated rings. The predicted molar refractivity (Wildman–Crippen MR) is 106 cm³/mol. The van der Waals surface area contributed by atoms with Gasteiger partial charge in [-0.15, -0.1) is 10.2 Å². The highest BCUT2D eigenvalue weighted by atomic mass is 79.9. The third-order valence-corrected chi connectivity index (χ3v) is 5.65. The number of rotatable bonds is 6. The Bertz CT molecular complexity index is 900. The van der Waals surface area contributed by atoms with E-state index in [-0.39, 0.29) is 5.91 Å². The summed E-state index contributed by atoms with van der Waals surface area (Å²) < 4.78 is 2.88. The molecule has 2 aromatic heterocycles. The second-order valence-electron chi connectivity index (χ2n) is 5.74. The van der Waals surface area contributed by atoms with E-state index in [9.17, 15) is 4.79 Å². The van der Waals surface area contributed by atoms with Crippen LogP contribution in [0.25, 0.3) is 11.4 Å². The number of pyridine rings is 1. The lowest BCUT2D eigenvalue weighted by Crippen LogP contribution is -2.28. The van der Waals surface area contributed by atoms with E-state index in [4.69, 9.17) is 0 Å². The molecule has 3 aromatic rings. The van der Waals surface area contributed by atoms with Crippen molar-refractivity contribution in [3.8, 4) is 11.4 Å². The minimum Gasteiger partial charge on any atom is -0.341 e. The molecule has 3 rings (SSSR count). The van der Waals surface area contributed by atoms with Crippen LogP contribution in [-0.4, -0.2) is 43.4 Å². The van der Waals surface area contributed by atoms with Gasteiger partial charge in [0, 0.05) is 43.1 Å². The first-order valence-electron chi connectivity index (χ1n) is 7.96. The van der Waals surface area contributed by atoms with Crippen LogP contribution >= 0.6 is 27.7 Å². The molecule has 0 radical (unpaired) electrons. The number of hydrogen-bond acceptors (Lipinski definition) is 5. The van der Waals surface area contributed by atoms with Crippen LogP contribution in [0, 0.1) is 0 Å². The molecule has 2 heterocycles. The van der Waals surface area contributed by atoms with Crippen LogP contribution in [0.3, 0.4) is 0 Å². The molecular weight excluding hydrogens is 414 g/mol. The zero-order valence-corrected chi connectivity index (χ0v) is 16.9. The number of amides is 1. The number of halogens is 1. The number of aromatic nitrogens is 4. The van der Waals surface area contributed by atoms with Gasteiger partial charge in [-0.3, -0.25) is 9.78 Å². The number of carbonyl (C=O) groups is 1. The highest BCUT2D eigenvalue weighted by molar-refractivity contribution is 9.10. The summed E-state index contributed by atoms with van der Waals surface area (Å²) >= 11 is 4.89. The fourth-order valence-corrected chi connectivity index (χ4v) is 3.66. The average molecular weight is 432 g/mol. The number of carbonyl (C=O) groups excluding carboxylic acids is 1. The van der Waals surface area contributed by atoms with Gasteiger partial charge >= 0.3 is 0 Å². The van der Waals surface area contributed by atoms with Gasteiger partial charge in [-0.2, -0.15) is 0 Å². The predicted octanol–water partition coefficient (Wildman–Crippen LogP) is 3.39. The molecule has 0 aliphatic carbocycles. The van der Waals surface area contributed by atoms with Crippen molar-refractivity contribution in [1.29, 1.82) is 0 Å². The lowest BCUT2D eigenvalue weighted by molar-refractivity contribution is -0.127. The van der Waals surface area contributed by atoms with E-state index in [1.807, 2.05) is 48.0 Å². The molecule has 0 spiro atoms. The van der Waals surface area contributed by atoms with Crippen LogP contribution in [0.5, 0.6) is 0 Å². The van der Waals surface area contributed by atoms with Crippen LogP contribution in [0.15, 0.2) is 58.4 Å². The molecule has 0 aliphatic heterocycles. The molecule has 0 aliphatic rings. The maximum absolute atomic E-state index is 12.4. The second-order valence-corrected chi connectivity index (χ2v) is 7.53. The SMILES string of the molecule is CN(Cc1ccccc1Br)C(=O)CSc1nnc(-c2cccnc2)n1C. The molecule has 0 N–H and O–H groups in total. The molecule has 134 valence electrons. The summed E-state index contributed by atoms with van der Waals surface area (Å²) in [7, 11) is 3.69. The van der Waals surface area contributed by atoms with Crippen molar-refractivity contribution in [3.63, 3.8) is 0 Å². The van der Waals surface area contributed by atoms with Crippen LogP contribution in [0.2, 0.25) is 0 Å². The zero-order chi connectivity index (χ0) is 18.5. The first kappa shape index (κ1) is 18.6. The van der Waals surface area contributed by atoms with Crippen LogP contribution in [-0.2, 0) is 18.4 Å². The lowest BCUT2D eigenvalue weighted by atomic mass is 10.2. The summed E-state index contributed by atoms with van der Waals surface area (Å²) in [4.78, 5) is 18.3. The van der Waals surface area contributed by atoms with Crippen molar-refractivity contribution >= 4 is 33.6 Å². The number of benzene rings is 1. The van der Waals surface area contributed by atoms with Crippen molar-refractivity contribution < 1.29 is 4.79 Å². The summed E-state index contributed by atoms with van der Waals surface area (Å²) in [6, 6.07) is 11.7. The molecule has 0 saturated heterocycles. The van der Waals surface area contributed by atoms with E-state index in [1.165, 1.54) is 11.8 Å². The number of hydrogen-bond donors (Lipinski definition) is 0. The van der Waals surface area contributed by atoms with Crippen molar-refractivity contribution in [1.82, 2.24) is 24.6 Å². The summed E-state index contributed by atoms with van der Waals surface area (Å²) in [5.41, 5.74) is 1.97. The van der Waals surface area contributed by atoms with E-state index >= 15 is 0 Å². The number of thioether (sulfide) groups is 1. The molecule has 1 aromatic carbocycles. The summed E-state index contributed by atoms with van der Waals surface area (Å²) in [5, 5.41) is 9.10.